The average molecular weight is 525 g/mol. The Balaban J connectivity index is 2.39. The fourth-order valence-corrected chi connectivity index (χ4v) is 17.3. The standard InChI is InChI=1S/C10H20S12/c11-1-15-7(16-2-12)8(17-3-13)19-5-21-10-9(18-4-14)20-6-22-10/h7-14H,1-6H2. The Morgan fingerprint density at radius 3 is 1.73 bits per heavy atom. The predicted molar refractivity (Wildman–Crippen MR) is 141 cm³/mol. The Kier molecular flexibility index (Phi) is 17.8. The van der Waals surface area contributed by atoms with Crippen molar-refractivity contribution >= 4 is 145 Å². The minimum atomic E-state index is 0.533. The van der Waals surface area contributed by atoms with Crippen molar-refractivity contribution in [3.05, 3.63) is 0 Å². The van der Waals surface area contributed by atoms with Crippen molar-refractivity contribution < 1.29 is 0 Å². The van der Waals surface area contributed by atoms with Gasteiger partial charge in [0.1, 0.15) is 0 Å². The molecule has 0 aliphatic carbocycles. The van der Waals surface area contributed by atoms with Crippen LogP contribution >= 0.6 is 145 Å². The Morgan fingerprint density at radius 2 is 1.23 bits per heavy atom. The Bertz CT molecular complexity index is 260. The third-order valence-corrected chi connectivity index (χ3v) is 16.3. The quantitative estimate of drug-likeness (QED) is 0.154. The molecule has 0 aromatic carbocycles. The van der Waals surface area contributed by atoms with Gasteiger partial charge in [-0.1, -0.05) is 0 Å². The predicted octanol–water partition coefficient (Wildman–Crippen LogP) is 6.63. The molecule has 0 nitrogen and oxygen atoms in total. The molecule has 0 spiro atoms. The molecule has 0 amide bonds. The summed E-state index contributed by atoms with van der Waals surface area (Å²) >= 11 is 33.5. The molecule has 0 saturated carbocycles. The van der Waals surface area contributed by atoms with Gasteiger partial charge in [-0.05, 0) is 0 Å². The molecule has 3 unspecified atom stereocenters. The van der Waals surface area contributed by atoms with E-state index >= 15 is 0 Å². The van der Waals surface area contributed by atoms with Gasteiger partial charge in [-0.25, -0.2) is 0 Å². The van der Waals surface area contributed by atoms with Crippen LogP contribution in [0.3, 0.4) is 0 Å². The Hall–Kier alpha value is 4.20. The third kappa shape index (κ3) is 9.94. The van der Waals surface area contributed by atoms with Crippen LogP contribution in [0.1, 0.15) is 0 Å². The summed E-state index contributed by atoms with van der Waals surface area (Å²) in [7, 11) is 0. The zero-order valence-corrected chi connectivity index (χ0v) is 21.7. The topological polar surface area (TPSA) is 0 Å². The Labute approximate surface area is 191 Å². The second-order valence-corrected chi connectivity index (χ2v) is 17.5. The molecule has 12 heteroatoms. The first kappa shape index (κ1) is 24.2. The highest BCUT2D eigenvalue weighted by molar-refractivity contribution is 8.36. The van der Waals surface area contributed by atoms with E-state index in [0.717, 1.165) is 25.4 Å². The van der Waals surface area contributed by atoms with Crippen molar-refractivity contribution in [2.45, 2.75) is 18.3 Å². The molecule has 0 radical (unpaired) electrons. The second-order valence-electron chi connectivity index (χ2n) is 3.56. The summed E-state index contributed by atoms with van der Waals surface area (Å²) in [5, 5.41) is 5.86. The molecule has 1 heterocycles. The van der Waals surface area contributed by atoms with Gasteiger partial charge in [-0.15, -0.1) is 94.1 Å². The van der Waals surface area contributed by atoms with Gasteiger partial charge in [-0.3, -0.25) is 0 Å². The molecule has 0 N–H and O–H groups in total. The molecule has 1 fully saturated rings. The van der Waals surface area contributed by atoms with Crippen molar-refractivity contribution in [1.29, 1.82) is 0 Å². The molecule has 0 aromatic heterocycles. The lowest BCUT2D eigenvalue weighted by molar-refractivity contribution is 1.36. The molecular formula is C10H20S12. The van der Waals surface area contributed by atoms with E-state index in [4.69, 9.17) is 0 Å². The van der Waals surface area contributed by atoms with E-state index in [0.29, 0.717) is 18.3 Å². The second kappa shape index (κ2) is 16.2. The van der Waals surface area contributed by atoms with E-state index in [2.05, 4.69) is 97.6 Å². The highest BCUT2D eigenvalue weighted by Crippen LogP contribution is 2.50. The molecule has 22 heavy (non-hydrogen) atoms. The summed E-state index contributed by atoms with van der Waals surface area (Å²) in [6, 6.07) is 0. The van der Waals surface area contributed by atoms with Crippen molar-refractivity contribution in [2.24, 2.45) is 0 Å². The van der Waals surface area contributed by atoms with Gasteiger partial charge in [0.25, 0.3) is 0 Å². The number of hydrogen-bond acceptors (Lipinski definition) is 12. The van der Waals surface area contributed by atoms with Crippen LogP contribution in [0.15, 0.2) is 0 Å². The minimum Gasteiger partial charge on any atom is -0.168 e. The van der Waals surface area contributed by atoms with Crippen LogP contribution in [0.4, 0.5) is 0 Å². The van der Waals surface area contributed by atoms with Crippen LogP contribution in [-0.2, 0) is 0 Å². The summed E-state index contributed by atoms with van der Waals surface area (Å²) in [6.45, 7) is 0. The van der Waals surface area contributed by atoms with Crippen molar-refractivity contribution in [3.8, 4) is 0 Å². The van der Waals surface area contributed by atoms with Crippen molar-refractivity contribution in [2.75, 3.05) is 30.5 Å². The van der Waals surface area contributed by atoms with Gasteiger partial charge in [0.2, 0.25) is 0 Å². The number of hydrogen-bond donors (Lipinski definition) is 4. The van der Waals surface area contributed by atoms with Gasteiger partial charge in [-0.2, -0.15) is 50.5 Å². The molecule has 0 bridgehead atoms. The molecular weight excluding hydrogens is 505 g/mol. The number of thiol groups is 4. The molecule has 1 saturated heterocycles. The molecule has 1 aliphatic rings. The van der Waals surface area contributed by atoms with Crippen LogP contribution in [-0.4, -0.2) is 48.8 Å². The molecule has 1 aliphatic heterocycles. The van der Waals surface area contributed by atoms with Crippen LogP contribution in [0.2, 0.25) is 0 Å². The van der Waals surface area contributed by atoms with Crippen molar-refractivity contribution in [3.63, 3.8) is 0 Å². The third-order valence-electron chi connectivity index (χ3n) is 2.33. The highest BCUT2D eigenvalue weighted by Gasteiger charge is 2.30. The maximum absolute atomic E-state index is 4.41. The van der Waals surface area contributed by atoms with Gasteiger partial charge in [0, 0.05) is 30.5 Å². The lowest BCUT2D eigenvalue weighted by Gasteiger charge is -2.25. The normalized spacial score (nSPS) is 23.3. The molecule has 0 aromatic rings. The lowest BCUT2D eigenvalue weighted by atomic mass is 10.9. The van der Waals surface area contributed by atoms with Crippen LogP contribution < -0.4 is 0 Å². The van der Waals surface area contributed by atoms with Crippen LogP contribution in [0, 0.1) is 0 Å². The van der Waals surface area contributed by atoms with Gasteiger partial charge in [0.15, 0.2) is 0 Å². The molecule has 132 valence electrons. The first-order valence-corrected chi connectivity index (χ1v) is 17.0. The summed E-state index contributed by atoms with van der Waals surface area (Å²) in [5.41, 5.74) is 0. The summed E-state index contributed by atoms with van der Waals surface area (Å²) in [4.78, 5) is 0. The average Bonchev–Trinajstić information content (AvgIpc) is 2.94. The van der Waals surface area contributed by atoms with Crippen LogP contribution in [0.25, 0.3) is 0 Å². The smallest absolute Gasteiger partial charge is 0.0729 e. The lowest BCUT2D eigenvalue weighted by Crippen LogP contribution is -2.15. The SMILES string of the molecule is SCSC(SCS)C(SCS)SCSC1SCSC1SCS. The maximum Gasteiger partial charge on any atom is 0.0729 e. The fourth-order valence-electron chi connectivity index (χ4n) is 1.46. The molecule has 3 atom stereocenters. The van der Waals surface area contributed by atoms with Gasteiger partial charge in [0.05, 0.1) is 18.3 Å². The number of rotatable bonds is 13. The summed E-state index contributed by atoms with van der Waals surface area (Å²) in [5.74, 6) is 0. The van der Waals surface area contributed by atoms with Gasteiger partial charge >= 0.3 is 0 Å². The van der Waals surface area contributed by atoms with E-state index in [-0.39, 0.29) is 0 Å². The molecule has 1 rings (SSSR count). The van der Waals surface area contributed by atoms with Gasteiger partial charge < -0.3 is 0 Å². The first-order chi connectivity index (χ1) is 10.8. The fraction of sp³-hybridized carbons (Fsp3) is 1.00. The van der Waals surface area contributed by atoms with E-state index in [9.17, 15) is 0 Å². The summed E-state index contributed by atoms with van der Waals surface area (Å²) < 4.78 is 2.48. The Morgan fingerprint density at radius 1 is 0.727 bits per heavy atom. The minimum absolute atomic E-state index is 0.533. The zero-order chi connectivity index (χ0) is 16.2. The zero-order valence-electron chi connectivity index (χ0n) is 11.6. The largest absolute Gasteiger partial charge is 0.168 e. The van der Waals surface area contributed by atoms with E-state index < -0.39 is 0 Å². The maximum atomic E-state index is 4.41. The number of thioether (sulfide) groups is 8. The van der Waals surface area contributed by atoms with Crippen molar-refractivity contribution in [1.82, 2.24) is 0 Å². The van der Waals surface area contributed by atoms with Crippen LogP contribution in [0.5, 0.6) is 0 Å². The first-order valence-electron chi connectivity index (χ1n) is 6.13. The van der Waals surface area contributed by atoms with E-state index in [1.165, 1.54) is 5.08 Å². The van der Waals surface area contributed by atoms with E-state index in [1.54, 1.807) is 0 Å². The van der Waals surface area contributed by atoms with E-state index in [1.807, 2.05) is 47.0 Å². The highest BCUT2D eigenvalue weighted by atomic mass is 32.3. The monoisotopic (exact) mass is 524 g/mol. The summed E-state index contributed by atoms with van der Waals surface area (Å²) in [6.07, 6.45) is 0.